The molecule has 1 N–H and O–H groups in total. The smallest absolute Gasteiger partial charge is 0.301 e. The van der Waals surface area contributed by atoms with Crippen LogP contribution in [-0.4, -0.2) is 15.8 Å². The summed E-state index contributed by atoms with van der Waals surface area (Å²) >= 11 is 5.72. The molecule has 108 valence electrons. The molecule has 0 unspecified atom stereocenters. The third kappa shape index (κ3) is 3.55. The van der Waals surface area contributed by atoms with E-state index in [0.717, 1.165) is 11.1 Å². The standard InChI is InChI=1S/C14H12ClN3O3/c1-8-5-9(2)7-10(6-8)14(19)17-13-11(18(20)21)3-4-12(15)16-13/h3-7H,1-2H3,(H,16,17,19). The molecule has 1 heterocycles. The van der Waals surface area contributed by atoms with Crippen LogP contribution in [0.3, 0.4) is 0 Å². The molecule has 0 spiro atoms. The van der Waals surface area contributed by atoms with Crippen LogP contribution >= 0.6 is 11.6 Å². The fraction of sp³-hybridized carbons (Fsp3) is 0.143. The van der Waals surface area contributed by atoms with Gasteiger partial charge in [-0.3, -0.25) is 14.9 Å². The van der Waals surface area contributed by atoms with Crippen molar-refractivity contribution in [1.82, 2.24) is 4.98 Å². The van der Waals surface area contributed by atoms with Crippen molar-refractivity contribution in [3.05, 3.63) is 62.3 Å². The summed E-state index contributed by atoms with van der Waals surface area (Å²) in [7, 11) is 0. The highest BCUT2D eigenvalue weighted by Gasteiger charge is 2.19. The van der Waals surface area contributed by atoms with E-state index in [9.17, 15) is 14.9 Å². The molecular formula is C14H12ClN3O3. The maximum absolute atomic E-state index is 12.2. The quantitative estimate of drug-likeness (QED) is 0.534. The van der Waals surface area contributed by atoms with Gasteiger partial charge in [0.2, 0.25) is 5.82 Å². The van der Waals surface area contributed by atoms with Crippen LogP contribution in [0.4, 0.5) is 11.5 Å². The zero-order valence-electron chi connectivity index (χ0n) is 11.4. The van der Waals surface area contributed by atoms with Crippen LogP contribution in [0.2, 0.25) is 5.15 Å². The minimum Gasteiger partial charge on any atom is -0.301 e. The molecule has 0 atom stereocenters. The molecule has 2 rings (SSSR count). The van der Waals surface area contributed by atoms with Gasteiger partial charge in [-0.2, -0.15) is 0 Å². The molecule has 1 amide bonds. The number of aryl methyl sites for hydroxylation is 2. The lowest BCUT2D eigenvalue weighted by Crippen LogP contribution is -2.14. The van der Waals surface area contributed by atoms with Gasteiger partial charge >= 0.3 is 5.69 Å². The number of pyridine rings is 1. The second-order valence-corrected chi connectivity index (χ2v) is 4.98. The second kappa shape index (κ2) is 5.88. The predicted molar refractivity (Wildman–Crippen MR) is 79.8 cm³/mol. The zero-order chi connectivity index (χ0) is 15.6. The van der Waals surface area contributed by atoms with Crippen molar-refractivity contribution >= 4 is 29.0 Å². The van der Waals surface area contributed by atoms with Gasteiger partial charge in [0.1, 0.15) is 5.15 Å². The number of carbonyl (C=O) groups excluding carboxylic acids is 1. The van der Waals surface area contributed by atoms with E-state index in [-0.39, 0.29) is 16.7 Å². The Labute approximate surface area is 125 Å². The fourth-order valence-electron chi connectivity index (χ4n) is 1.95. The van der Waals surface area contributed by atoms with Crippen molar-refractivity contribution in [2.75, 3.05) is 5.32 Å². The van der Waals surface area contributed by atoms with E-state index in [1.807, 2.05) is 19.9 Å². The molecule has 6 nitrogen and oxygen atoms in total. The van der Waals surface area contributed by atoms with Gasteiger partial charge in [0.25, 0.3) is 5.91 Å². The van der Waals surface area contributed by atoms with Gasteiger partial charge in [0, 0.05) is 11.6 Å². The van der Waals surface area contributed by atoms with Gasteiger partial charge < -0.3 is 5.32 Å². The third-order valence-electron chi connectivity index (χ3n) is 2.75. The molecular weight excluding hydrogens is 294 g/mol. The number of anilines is 1. The molecule has 21 heavy (non-hydrogen) atoms. The maximum atomic E-state index is 12.2. The van der Waals surface area contributed by atoms with Gasteiger partial charge in [-0.25, -0.2) is 4.98 Å². The Kier molecular flexibility index (Phi) is 4.18. The average Bonchev–Trinajstić information content (AvgIpc) is 2.37. The summed E-state index contributed by atoms with van der Waals surface area (Å²) in [5.74, 6) is -0.642. The van der Waals surface area contributed by atoms with Crippen LogP contribution in [0, 0.1) is 24.0 Å². The lowest BCUT2D eigenvalue weighted by Gasteiger charge is -2.07. The summed E-state index contributed by atoms with van der Waals surface area (Å²) in [4.78, 5) is 26.3. The number of benzene rings is 1. The summed E-state index contributed by atoms with van der Waals surface area (Å²) in [5, 5.41) is 13.4. The van der Waals surface area contributed by atoms with Crippen molar-refractivity contribution < 1.29 is 9.72 Å². The van der Waals surface area contributed by atoms with Gasteiger partial charge in [0.15, 0.2) is 0 Å². The fourth-order valence-corrected chi connectivity index (χ4v) is 2.10. The SMILES string of the molecule is Cc1cc(C)cc(C(=O)Nc2nc(Cl)ccc2[N+](=O)[O-])c1. The van der Waals surface area contributed by atoms with E-state index in [4.69, 9.17) is 11.6 Å². The molecule has 0 bridgehead atoms. The molecule has 2 aromatic rings. The number of rotatable bonds is 3. The number of aromatic nitrogens is 1. The minimum absolute atomic E-state index is 0.0660. The predicted octanol–water partition coefficient (Wildman–Crippen LogP) is 3.51. The normalized spacial score (nSPS) is 10.2. The number of hydrogen-bond acceptors (Lipinski definition) is 4. The molecule has 1 aromatic heterocycles. The molecule has 7 heteroatoms. The van der Waals surface area contributed by atoms with E-state index in [2.05, 4.69) is 10.3 Å². The first-order valence-corrected chi connectivity index (χ1v) is 6.45. The van der Waals surface area contributed by atoms with Crippen LogP contribution in [0.5, 0.6) is 0 Å². The molecule has 0 saturated heterocycles. The number of amides is 1. The van der Waals surface area contributed by atoms with Crippen molar-refractivity contribution in [1.29, 1.82) is 0 Å². The summed E-state index contributed by atoms with van der Waals surface area (Å²) < 4.78 is 0. The first-order valence-electron chi connectivity index (χ1n) is 6.07. The van der Waals surface area contributed by atoms with Gasteiger partial charge in [-0.1, -0.05) is 28.8 Å². The lowest BCUT2D eigenvalue weighted by atomic mass is 10.1. The Morgan fingerprint density at radius 2 is 1.86 bits per heavy atom. The maximum Gasteiger partial charge on any atom is 0.311 e. The molecule has 0 fully saturated rings. The Bertz CT molecular complexity index is 711. The second-order valence-electron chi connectivity index (χ2n) is 4.59. The molecule has 0 aliphatic carbocycles. The number of nitrogens with one attached hydrogen (secondary N) is 1. The van der Waals surface area contributed by atoms with Crippen molar-refractivity contribution in [2.45, 2.75) is 13.8 Å². The van der Waals surface area contributed by atoms with E-state index in [0.29, 0.717) is 5.56 Å². The van der Waals surface area contributed by atoms with Crippen LogP contribution in [0.25, 0.3) is 0 Å². The first kappa shape index (κ1) is 14.9. The number of carbonyl (C=O) groups is 1. The van der Waals surface area contributed by atoms with E-state index < -0.39 is 10.8 Å². The summed E-state index contributed by atoms with van der Waals surface area (Å²) in [5.41, 5.74) is 1.95. The Balaban J connectivity index is 2.35. The van der Waals surface area contributed by atoms with Crippen LogP contribution in [0.15, 0.2) is 30.3 Å². The van der Waals surface area contributed by atoms with E-state index in [1.165, 1.54) is 12.1 Å². The number of halogens is 1. The molecule has 0 saturated carbocycles. The Hall–Kier alpha value is -2.47. The van der Waals surface area contributed by atoms with Crippen molar-refractivity contribution in [3.63, 3.8) is 0 Å². The van der Waals surface area contributed by atoms with Gasteiger partial charge in [-0.15, -0.1) is 0 Å². The number of nitrogens with zero attached hydrogens (tertiary/aromatic N) is 2. The number of hydrogen-bond donors (Lipinski definition) is 1. The molecule has 1 aromatic carbocycles. The molecule has 0 radical (unpaired) electrons. The molecule has 0 aliphatic rings. The Morgan fingerprint density at radius 1 is 1.24 bits per heavy atom. The van der Waals surface area contributed by atoms with Crippen LogP contribution in [-0.2, 0) is 0 Å². The minimum atomic E-state index is -0.625. The van der Waals surface area contributed by atoms with Crippen molar-refractivity contribution in [3.8, 4) is 0 Å². The highest BCUT2D eigenvalue weighted by atomic mass is 35.5. The van der Waals surface area contributed by atoms with E-state index in [1.54, 1.807) is 12.1 Å². The van der Waals surface area contributed by atoms with Crippen molar-refractivity contribution in [2.24, 2.45) is 0 Å². The van der Waals surface area contributed by atoms with E-state index >= 15 is 0 Å². The molecule has 0 aliphatic heterocycles. The van der Waals surface area contributed by atoms with Gasteiger partial charge in [-0.05, 0) is 32.0 Å². The zero-order valence-corrected chi connectivity index (χ0v) is 12.1. The largest absolute Gasteiger partial charge is 0.311 e. The highest BCUT2D eigenvalue weighted by Crippen LogP contribution is 2.24. The van der Waals surface area contributed by atoms with Gasteiger partial charge in [0.05, 0.1) is 4.92 Å². The topological polar surface area (TPSA) is 85.1 Å². The first-order chi connectivity index (χ1) is 9.86. The third-order valence-corrected chi connectivity index (χ3v) is 2.96. The van der Waals surface area contributed by atoms with Crippen LogP contribution in [0.1, 0.15) is 21.5 Å². The summed E-state index contributed by atoms with van der Waals surface area (Å²) in [6, 6.07) is 7.81. The Morgan fingerprint density at radius 3 is 2.43 bits per heavy atom. The monoisotopic (exact) mass is 305 g/mol. The summed E-state index contributed by atoms with van der Waals surface area (Å²) in [6.07, 6.45) is 0. The average molecular weight is 306 g/mol. The van der Waals surface area contributed by atoms with Crippen LogP contribution < -0.4 is 5.32 Å². The summed E-state index contributed by atoms with van der Waals surface area (Å²) in [6.45, 7) is 3.73. The lowest BCUT2D eigenvalue weighted by molar-refractivity contribution is -0.384. The number of nitro groups is 1. The highest BCUT2D eigenvalue weighted by molar-refractivity contribution is 6.29.